The first-order valence-corrected chi connectivity index (χ1v) is 8.94. The number of piperidine rings is 1. The first kappa shape index (κ1) is 17.7. The fraction of sp³-hybridized carbons (Fsp3) is 0.579. The van der Waals surface area contributed by atoms with E-state index in [0.717, 1.165) is 19.4 Å². The Labute approximate surface area is 147 Å². The first-order valence-electron chi connectivity index (χ1n) is 8.94. The van der Waals surface area contributed by atoms with Gasteiger partial charge in [0, 0.05) is 24.8 Å². The van der Waals surface area contributed by atoms with Crippen LogP contribution in [0.15, 0.2) is 24.3 Å². The molecule has 6 nitrogen and oxygen atoms in total. The summed E-state index contributed by atoms with van der Waals surface area (Å²) in [4.78, 5) is 25.9. The van der Waals surface area contributed by atoms with E-state index in [1.54, 1.807) is 23.1 Å². The van der Waals surface area contributed by atoms with Crippen molar-refractivity contribution in [2.75, 3.05) is 19.8 Å². The van der Waals surface area contributed by atoms with Gasteiger partial charge in [-0.05, 0) is 50.8 Å². The third-order valence-corrected chi connectivity index (χ3v) is 5.11. The molecular weight excluding hydrogens is 322 g/mol. The molecule has 136 valence electrons. The molecule has 1 amide bonds. The van der Waals surface area contributed by atoms with Crippen LogP contribution >= 0.6 is 0 Å². The summed E-state index contributed by atoms with van der Waals surface area (Å²) < 4.78 is 11.3. The monoisotopic (exact) mass is 347 g/mol. The Morgan fingerprint density at radius 2 is 2.16 bits per heavy atom. The van der Waals surface area contributed by atoms with Gasteiger partial charge in [-0.25, -0.2) is 0 Å². The van der Waals surface area contributed by atoms with E-state index in [0.29, 0.717) is 37.3 Å². The number of likely N-dealkylation sites (tertiary alicyclic amines) is 1. The largest absolute Gasteiger partial charge is 0.491 e. The van der Waals surface area contributed by atoms with Crippen LogP contribution in [0.5, 0.6) is 5.75 Å². The number of hydrogen-bond acceptors (Lipinski definition) is 4. The molecule has 2 heterocycles. The fourth-order valence-corrected chi connectivity index (χ4v) is 3.61. The van der Waals surface area contributed by atoms with Gasteiger partial charge in [-0.15, -0.1) is 0 Å². The van der Waals surface area contributed by atoms with Crippen molar-refractivity contribution < 1.29 is 24.2 Å². The van der Waals surface area contributed by atoms with Crippen LogP contribution in [0.4, 0.5) is 0 Å². The lowest BCUT2D eigenvalue weighted by atomic mass is 9.90. The van der Waals surface area contributed by atoms with Crippen LogP contribution in [0.25, 0.3) is 0 Å². The second-order valence-corrected chi connectivity index (χ2v) is 6.80. The lowest BCUT2D eigenvalue weighted by molar-refractivity contribution is -0.144. The Hall–Kier alpha value is -2.08. The van der Waals surface area contributed by atoms with Crippen molar-refractivity contribution in [1.82, 2.24) is 4.90 Å². The average molecular weight is 347 g/mol. The second-order valence-electron chi connectivity index (χ2n) is 6.80. The van der Waals surface area contributed by atoms with Crippen molar-refractivity contribution in [3.63, 3.8) is 0 Å². The van der Waals surface area contributed by atoms with Gasteiger partial charge in [0.2, 0.25) is 0 Å². The molecule has 2 fully saturated rings. The zero-order valence-electron chi connectivity index (χ0n) is 14.5. The molecule has 0 aromatic heterocycles. The molecule has 1 aromatic carbocycles. The molecule has 0 radical (unpaired) electrons. The zero-order valence-corrected chi connectivity index (χ0v) is 14.5. The van der Waals surface area contributed by atoms with E-state index in [4.69, 9.17) is 9.47 Å². The maximum Gasteiger partial charge on any atom is 0.308 e. The van der Waals surface area contributed by atoms with Crippen LogP contribution in [-0.4, -0.2) is 53.8 Å². The third kappa shape index (κ3) is 4.12. The van der Waals surface area contributed by atoms with Crippen LogP contribution in [0.2, 0.25) is 0 Å². The normalized spacial score (nSPS) is 26.4. The van der Waals surface area contributed by atoms with Gasteiger partial charge < -0.3 is 19.5 Å². The molecule has 3 rings (SSSR count). The number of aliphatic carboxylic acids is 1. The molecule has 6 heteroatoms. The highest BCUT2D eigenvalue weighted by Gasteiger charge is 2.35. The summed E-state index contributed by atoms with van der Waals surface area (Å²) in [6.07, 6.45) is 3.51. The van der Waals surface area contributed by atoms with E-state index in [-0.39, 0.29) is 18.1 Å². The highest BCUT2D eigenvalue weighted by atomic mass is 16.5. The lowest BCUT2D eigenvalue weighted by Gasteiger charge is -2.37. The van der Waals surface area contributed by atoms with E-state index >= 15 is 0 Å². The number of ether oxygens (including phenoxy) is 2. The summed E-state index contributed by atoms with van der Waals surface area (Å²) in [5, 5.41) is 9.33. The maximum atomic E-state index is 12.8. The molecule has 0 saturated carbocycles. The molecule has 2 saturated heterocycles. The minimum absolute atomic E-state index is 0.123. The number of carboxylic acid groups (broad SMARTS) is 1. The Balaban J connectivity index is 1.66. The predicted octanol–water partition coefficient (Wildman–Crippen LogP) is 2.57. The topological polar surface area (TPSA) is 76.1 Å². The van der Waals surface area contributed by atoms with Gasteiger partial charge in [-0.3, -0.25) is 9.59 Å². The van der Waals surface area contributed by atoms with E-state index in [1.807, 2.05) is 13.0 Å². The number of carbonyl (C=O) groups excluding carboxylic acids is 1. The third-order valence-electron chi connectivity index (χ3n) is 5.11. The van der Waals surface area contributed by atoms with Gasteiger partial charge in [0.05, 0.1) is 12.0 Å². The van der Waals surface area contributed by atoms with Crippen molar-refractivity contribution >= 4 is 11.9 Å². The minimum Gasteiger partial charge on any atom is -0.491 e. The highest BCUT2D eigenvalue weighted by molar-refractivity contribution is 5.95. The standard InChI is InChI=1S/C19H25NO5/c1-13-17(19(22)23)8-3-9-20(13)18(21)14-5-2-6-15(11-14)25-12-16-7-4-10-24-16/h2,5-6,11,13,16-17H,3-4,7-10,12H2,1H3,(H,22,23)/t13-,16?,17-/m1/s1. The Kier molecular flexibility index (Phi) is 5.58. The Bertz CT molecular complexity index is 626. The van der Waals surface area contributed by atoms with Crippen LogP contribution < -0.4 is 4.74 Å². The number of carbonyl (C=O) groups is 2. The Morgan fingerprint density at radius 1 is 1.32 bits per heavy atom. The summed E-state index contributed by atoms with van der Waals surface area (Å²) in [7, 11) is 0. The van der Waals surface area contributed by atoms with Crippen LogP contribution in [0.1, 0.15) is 43.0 Å². The maximum absolute atomic E-state index is 12.8. The SMILES string of the molecule is C[C@@H]1[C@H](C(=O)O)CCCN1C(=O)c1cccc(OCC2CCCO2)c1. The molecule has 1 unspecified atom stereocenters. The summed E-state index contributed by atoms with van der Waals surface area (Å²) in [6.45, 7) is 3.67. The minimum atomic E-state index is -0.835. The first-order chi connectivity index (χ1) is 12.1. The summed E-state index contributed by atoms with van der Waals surface area (Å²) in [5.41, 5.74) is 0.530. The van der Waals surface area contributed by atoms with E-state index in [9.17, 15) is 14.7 Å². The van der Waals surface area contributed by atoms with Crippen molar-refractivity contribution in [2.45, 2.75) is 44.8 Å². The number of benzene rings is 1. The van der Waals surface area contributed by atoms with Crippen molar-refractivity contribution in [3.05, 3.63) is 29.8 Å². The number of amides is 1. The van der Waals surface area contributed by atoms with Crippen LogP contribution in [0, 0.1) is 5.92 Å². The van der Waals surface area contributed by atoms with Crippen LogP contribution in [-0.2, 0) is 9.53 Å². The highest BCUT2D eigenvalue weighted by Crippen LogP contribution is 2.26. The number of nitrogens with zero attached hydrogens (tertiary/aromatic N) is 1. The number of hydrogen-bond donors (Lipinski definition) is 1. The van der Waals surface area contributed by atoms with Crippen LogP contribution in [0.3, 0.4) is 0 Å². The molecule has 0 bridgehead atoms. The molecule has 3 atom stereocenters. The van der Waals surface area contributed by atoms with E-state index in [1.165, 1.54) is 0 Å². The summed E-state index contributed by atoms with van der Waals surface area (Å²) in [6, 6.07) is 6.79. The quantitative estimate of drug-likeness (QED) is 0.886. The molecule has 25 heavy (non-hydrogen) atoms. The summed E-state index contributed by atoms with van der Waals surface area (Å²) in [5.74, 6) is -0.836. The number of rotatable bonds is 5. The van der Waals surface area contributed by atoms with Gasteiger partial charge in [0.1, 0.15) is 12.4 Å². The predicted molar refractivity (Wildman–Crippen MR) is 91.8 cm³/mol. The smallest absolute Gasteiger partial charge is 0.308 e. The molecular formula is C19H25NO5. The van der Waals surface area contributed by atoms with Crippen molar-refractivity contribution in [2.24, 2.45) is 5.92 Å². The fourth-order valence-electron chi connectivity index (χ4n) is 3.61. The average Bonchev–Trinajstić information content (AvgIpc) is 3.13. The molecule has 2 aliphatic rings. The second kappa shape index (κ2) is 7.87. The molecule has 1 aromatic rings. The molecule has 1 N–H and O–H groups in total. The number of carboxylic acids is 1. The Morgan fingerprint density at radius 3 is 2.88 bits per heavy atom. The van der Waals surface area contributed by atoms with Crippen molar-refractivity contribution in [3.8, 4) is 5.75 Å². The molecule has 0 aliphatic carbocycles. The molecule has 2 aliphatic heterocycles. The van der Waals surface area contributed by atoms with Gasteiger partial charge in [0.25, 0.3) is 5.91 Å². The van der Waals surface area contributed by atoms with Gasteiger partial charge in [0.15, 0.2) is 0 Å². The summed E-state index contributed by atoms with van der Waals surface area (Å²) >= 11 is 0. The lowest BCUT2D eigenvalue weighted by Crippen LogP contribution is -2.49. The van der Waals surface area contributed by atoms with E-state index in [2.05, 4.69) is 0 Å². The van der Waals surface area contributed by atoms with E-state index < -0.39 is 11.9 Å². The zero-order chi connectivity index (χ0) is 17.8. The van der Waals surface area contributed by atoms with Gasteiger partial charge in [-0.2, -0.15) is 0 Å². The van der Waals surface area contributed by atoms with Gasteiger partial charge in [-0.1, -0.05) is 6.07 Å². The van der Waals surface area contributed by atoms with Crippen molar-refractivity contribution in [1.29, 1.82) is 0 Å². The molecule has 0 spiro atoms. The van der Waals surface area contributed by atoms with Gasteiger partial charge >= 0.3 is 5.97 Å².